The van der Waals surface area contributed by atoms with Gasteiger partial charge in [0.15, 0.2) is 0 Å². The van der Waals surface area contributed by atoms with Gasteiger partial charge in [-0.25, -0.2) is 4.79 Å². The van der Waals surface area contributed by atoms with Gasteiger partial charge in [-0.05, 0) is 50.0 Å². The largest absolute Gasteiger partial charge is 0.468 e. The number of likely N-dealkylation sites (tertiary alicyclic amines) is 1. The van der Waals surface area contributed by atoms with E-state index in [1.165, 1.54) is 18.4 Å². The Morgan fingerprint density at radius 2 is 1.88 bits per heavy atom. The molecule has 1 aromatic heterocycles. The molecule has 1 fully saturated rings. The third-order valence-electron chi connectivity index (χ3n) is 4.45. The zero-order chi connectivity index (χ0) is 16.6. The summed E-state index contributed by atoms with van der Waals surface area (Å²) in [4.78, 5) is 14.4. The van der Waals surface area contributed by atoms with Crippen molar-refractivity contribution in [1.29, 1.82) is 0 Å². The van der Waals surface area contributed by atoms with Crippen LogP contribution >= 0.6 is 0 Å². The first kappa shape index (κ1) is 16.6. The number of carbonyl (C=O) groups excluding carboxylic acids is 1. The summed E-state index contributed by atoms with van der Waals surface area (Å²) < 4.78 is 5.57. The number of nitrogens with one attached hydrogen (secondary N) is 2. The second kappa shape index (κ2) is 8.55. The second-order valence-corrected chi connectivity index (χ2v) is 6.15. The van der Waals surface area contributed by atoms with E-state index in [1.54, 1.807) is 6.26 Å². The first-order valence-electron chi connectivity index (χ1n) is 8.66. The lowest BCUT2D eigenvalue weighted by Gasteiger charge is -2.26. The number of carbonyl (C=O) groups is 1. The predicted octanol–water partition coefficient (Wildman–Crippen LogP) is 2.96. The van der Waals surface area contributed by atoms with Gasteiger partial charge < -0.3 is 15.1 Å². The fraction of sp³-hybridized carbons (Fsp3) is 0.421. The quantitative estimate of drug-likeness (QED) is 0.822. The van der Waals surface area contributed by atoms with Gasteiger partial charge in [-0.3, -0.25) is 4.90 Å². The van der Waals surface area contributed by atoms with Crippen LogP contribution in [0.4, 0.5) is 4.79 Å². The molecule has 1 unspecified atom stereocenters. The summed E-state index contributed by atoms with van der Waals surface area (Å²) in [6.07, 6.45) is 4.95. The van der Waals surface area contributed by atoms with Gasteiger partial charge in [0, 0.05) is 13.1 Å². The van der Waals surface area contributed by atoms with Crippen LogP contribution < -0.4 is 10.6 Å². The molecular formula is C19H25N3O2. The first-order valence-corrected chi connectivity index (χ1v) is 8.66. The molecule has 5 nitrogen and oxygen atoms in total. The molecule has 2 aromatic rings. The van der Waals surface area contributed by atoms with Crippen molar-refractivity contribution in [2.24, 2.45) is 0 Å². The fourth-order valence-electron chi connectivity index (χ4n) is 3.16. The van der Waals surface area contributed by atoms with E-state index in [0.717, 1.165) is 25.3 Å². The number of hydrogen-bond acceptors (Lipinski definition) is 3. The van der Waals surface area contributed by atoms with Crippen molar-refractivity contribution in [2.75, 3.05) is 26.2 Å². The predicted molar refractivity (Wildman–Crippen MR) is 93.8 cm³/mol. The van der Waals surface area contributed by atoms with Crippen molar-refractivity contribution in [3.63, 3.8) is 0 Å². The zero-order valence-electron chi connectivity index (χ0n) is 13.9. The summed E-state index contributed by atoms with van der Waals surface area (Å²) in [6, 6.07) is 14.0. The normalized spacial score (nSPS) is 16.0. The van der Waals surface area contributed by atoms with Crippen molar-refractivity contribution >= 4 is 6.03 Å². The van der Waals surface area contributed by atoms with Crippen molar-refractivity contribution in [3.05, 3.63) is 60.1 Å². The molecule has 0 saturated carbocycles. The van der Waals surface area contributed by atoms with Crippen LogP contribution in [0.1, 0.15) is 30.2 Å². The third kappa shape index (κ3) is 4.61. The van der Waals surface area contributed by atoms with Gasteiger partial charge in [0.25, 0.3) is 0 Å². The van der Waals surface area contributed by atoms with E-state index in [9.17, 15) is 4.79 Å². The van der Waals surface area contributed by atoms with E-state index in [0.29, 0.717) is 13.1 Å². The molecular weight excluding hydrogens is 302 g/mol. The van der Waals surface area contributed by atoms with Crippen LogP contribution in [0.3, 0.4) is 0 Å². The Labute approximate surface area is 143 Å². The van der Waals surface area contributed by atoms with Crippen LogP contribution in [0, 0.1) is 0 Å². The Morgan fingerprint density at radius 3 is 2.58 bits per heavy atom. The van der Waals surface area contributed by atoms with E-state index in [4.69, 9.17) is 4.42 Å². The maximum absolute atomic E-state index is 12.1. The lowest BCUT2D eigenvalue weighted by Crippen LogP contribution is -2.42. The van der Waals surface area contributed by atoms with E-state index >= 15 is 0 Å². The maximum Gasteiger partial charge on any atom is 0.314 e. The summed E-state index contributed by atoms with van der Waals surface area (Å²) in [5.74, 6) is 0.918. The number of rotatable bonds is 7. The third-order valence-corrected chi connectivity index (χ3v) is 4.45. The molecule has 5 heteroatoms. The summed E-state index contributed by atoms with van der Waals surface area (Å²) in [5.41, 5.74) is 1.23. The SMILES string of the molecule is O=C(NCCc1ccccc1)NCC(c1ccco1)N1CCCC1. The summed E-state index contributed by atoms with van der Waals surface area (Å²) in [6.45, 7) is 3.31. The minimum absolute atomic E-state index is 0.113. The molecule has 2 heterocycles. The summed E-state index contributed by atoms with van der Waals surface area (Å²) in [5, 5.41) is 5.91. The van der Waals surface area contributed by atoms with Gasteiger partial charge >= 0.3 is 6.03 Å². The molecule has 1 atom stereocenters. The molecule has 2 N–H and O–H groups in total. The molecule has 1 aliphatic rings. The summed E-state index contributed by atoms with van der Waals surface area (Å²) in [7, 11) is 0. The van der Waals surface area contributed by atoms with Gasteiger partial charge in [-0.1, -0.05) is 30.3 Å². The first-order chi connectivity index (χ1) is 11.8. The van der Waals surface area contributed by atoms with E-state index < -0.39 is 0 Å². The van der Waals surface area contributed by atoms with Gasteiger partial charge in [0.05, 0.1) is 12.3 Å². The maximum atomic E-state index is 12.1. The number of nitrogens with zero attached hydrogens (tertiary/aromatic N) is 1. The molecule has 128 valence electrons. The van der Waals surface area contributed by atoms with Crippen LogP contribution in [0.15, 0.2) is 53.1 Å². The minimum atomic E-state index is -0.123. The Morgan fingerprint density at radius 1 is 1.08 bits per heavy atom. The highest BCUT2D eigenvalue weighted by Gasteiger charge is 2.25. The van der Waals surface area contributed by atoms with Crippen LogP contribution in [-0.2, 0) is 6.42 Å². The average molecular weight is 327 g/mol. The number of hydrogen-bond donors (Lipinski definition) is 2. The van der Waals surface area contributed by atoms with Crippen molar-refractivity contribution in [3.8, 4) is 0 Å². The van der Waals surface area contributed by atoms with E-state index in [-0.39, 0.29) is 12.1 Å². The van der Waals surface area contributed by atoms with Gasteiger partial charge in [0.2, 0.25) is 0 Å². The molecule has 1 aromatic carbocycles. The highest BCUT2D eigenvalue weighted by atomic mass is 16.3. The monoisotopic (exact) mass is 327 g/mol. The van der Waals surface area contributed by atoms with E-state index in [2.05, 4.69) is 27.7 Å². The summed E-state index contributed by atoms with van der Waals surface area (Å²) >= 11 is 0. The highest BCUT2D eigenvalue weighted by molar-refractivity contribution is 5.73. The zero-order valence-corrected chi connectivity index (χ0v) is 13.9. The average Bonchev–Trinajstić information content (AvgIpc) is 3.30. The fourth-order valence-corrected chi connectivity index (χ4v) is 3.16. The molecule has 0 aliphatic carbocycles. The molecule has 3 rings (SSSR count). The Kier molecular flexibility index (Phi) is 5.90. The molecule has 0 spiro atoms. The van der Waals surface area contributed by atoms with Crippen molar-refractivity contribution in [1.82, 2.24) is 15.5 Å². The Hall–Kier alpha value is -2.27. The van der Waals surface area contributed by atoms with E-state index in [1.807, 2.05) is 30.3 Å². The van der Waals surface area contributed by atoms with Crippen LogP contribution in [0.25, 0.3) is 0 Å². The van der Waals surface area contributed by atoms with Gasteiger partial charge in [0.1, 0.15) is 5.76 Å². The van der Waals surface area contributed by atoms with Gasteiger partial charge in [-0.2, -0.15) is 0 Å². The Bertz CT molecular complexity index is 607. The van der Waals surface area contributed by atoms with Crippen molar-refractivity contribution < 1.29 is 9.21 Å². The lowest BCUT2D eigenvalue weighted by atomic mass is 10.1. The minimum Gasteiger partial charge on any atom is -0.468 e. The number of furan rings is 1. The lowest BCUT2D eigenvalue weighted by molar-refractivity contribution is 0.203. The molecule has 24 heavy (non-hydrogen) atoms. The van der Waals surface area contributed by atoms with Crippen LogP contribution in [-0.4, -0.2) is 37.1 Å². The molecule has 0 radical (unpaired) electrons. The Balaban J connectivity index is 1.44. The molecule has 1 saturated heterocycles. The molecule has 0 bridgehead atoms. The molecule has 2 amide bonds. The van der Waals surface area contributed by atoms with Crippen LogP contribution in [0.2, 0.25) is 0 Å². The smallest absolute Gasteiger partial charge is 0.314 e. The number of amides is 2. The van der Waals surface area contributed by atoms with Crippen molar-refractivity contribution in [2.45, 2.75) is 25.3 Å². The number of urea groups is 1. The van der Waals surface area contributed by atoms with Crippen LogP contribution in [0.5, 0.6) is 0 Å². The second-order valence-electron chi connectivity index (χ2n) is 6.15. The highest BCUT2D eigenvalue weighted by Crippen LogP contribution is 2.24. The van der Waals surface area contributed by atoms with Gasteiger partial charge in [-0.15, -0.1) is 0 Å². The molecule has 1 aliphatic heterocycles. The topological polar surface area (TPSA) is 57.5 Å². The number of benzene rings is 1. The standard InChI is InChI=1S/C19H25N3O2/c23-19(20-11-10-16-7-2-1-3-8-16)21-15-17(18-9-6-14-24-18)22-12-4-5-13-22/h1-3,6-9,14,17H,4-5,10-13,15H2,(H2,20,21,23).